The second-order valence-electron chi connectivity index (χ2n) is 7.89. The SMILES string of the molecule is CCN(CC)S(=O)(=O)c1ccc(N2CCN(C(=O)Cc3cccc(OC)c3)CC2)c([N+](=O)[O-])c1. The Morgan fingerprint density at radius 3 is 2.35 bits per heavy atom. The van der Waals surface area contributed by atoms with Crippen molar-refractivity contribution in [1.29, 1.82) is 0 Å². The maximum absolute atomic E-state index is 12.8. The molecule has 2 aromatic rings. The molecule has 3 rings (SSSR count). The number of carbonyl (C=O) groups is 1. The first kappa shape index (κ1) is 25.4. The number of rotatable bonds is 9. The lowest BCUT2D eigenvalue weighted by molar-refractivity contribution is -0.384. The lowest BCUT2D eigenvalue weighted by atomic mass is 10.1. The largest absolute Gasteiger partial charge is 0.497 e. The van der Waals surface area contributed by atoms with Gasteiger partial charge in [0.05, 0.1) is 23.3 Å². The summed E-state index contributed by atoms with van der Waals surface area (Å²) < 4.78 is 32.1. The molecule has 0 radical (unpaired) electrons. The van der Waals surface area contributed by atoms with Crippen molar-refractivity contribution in [3.05, 3.63) is 58.1 Å². The summed E-state index contributed by atoms with van der Waals surface area (Å²) in [7, 11) is -2.24. The van der Waals surface area contributed by atoms with Crippen LogP contribution in [-0.2, 0) is 21.2 Å². The van der Waals surface area contributed by atoms with Crippen molar-refractivity contribution in [2.24, 2.45) is 0 Å². The summed E-state index contributed by atoms with van der Waals surface area (Å²) in [6.07, 6.45) is 0.245. The number of amides is 1. The summed E-state index contributed by atoms with van der Waals surface area (Å²) >= 11 is 0. The molecule has 11 heteroatoms. The van der Waals surface area contributed by atoms with Gasteiger partial charge in [-0.3, -0.25) is 14.9 Å². The van der Waals surface area contributed by atoms with Crippen LogP contribution in [0.2, 0.25) is 0 Å². The normalized spacial score (nSPS) is 14.4. The van der Waals surface area contributed by atoms with E-state index < -0.39 is 14.9 Å². The predicted octanol–water partition coefficient (Wildman–Crippen LogP) is 2.53. The summed E-state index contributed by atoms with van der Waals surface area (Å²) in [5, 5.41) is 11.8. The fourth-order valence-electron chi connectivity index (χ4n) is 4.06. The monoisotopic (exact) mass is 490 g/mol. The number of nitro benzene ring substituents is 1. The molecule has 1 amide bonds. The van der Waals surface area contributed by atoms with Gasteiger partial charge in [-0.15, -0.1) is 0 Å². The molecule has 0 aliphatic carbocycles. The molecule has 1 aliphatic rings. The van der Waals surface area contributed by atoms with E-state index in [1.54, 1.807) is 25.9 Å². The van der Waals surface area contributed by atoms with Gasteiger partial charge in [-0.05, 0) is 29.8 Å². The minimum atomic E-state index is -3.81. The molecular weight excluding hydrogens is 460 g/mol. The van der Waals surface area contributed by atoms with Gasteiger partial charge < -0.3 is 14.5 Å². The van der Waals surface area contributed by atoms with Gasteiger partial charge in [-0.1, -0.05) is 26.0 Å². The van der Waals surface area contributed by atoms with E-state index in [1.807, 2.05) is 29.2 Å². The number of piperazine rings is 1. The third kappa shape index (κ3) is 5.48. The van der Waals surface area contributed by atoms with Crippen molar-refractivity contribution in [2.75, 3.05) is 51.3 Å². The molecule has 0 bridgehead atoms. The van der Waals surface area contributed by atoms with Crippen molar-refractivity contribution in [3.63, 3.8) is 0 Å². The van der Waals surface area contributed by atoms with E-state index in [4.69, 9.17) is 4.74 Å². The van der Waals surface area contributed by atoms with E-state index in [0.717, 1.165) is 11.6 Å². The van der Waals surface area contributed by atoms with Crippen LogP contribution in [0.1, 0.15) is 19.4 Å². The van der Waals surface area contributed by atoms with Crippen LogP contribution < -0.4 is 9.64 Å². The molecule has 1 aliphatic heterocycles. The van der Waals surface area contributed by atoms with Crippen LogP contribution >= 0.6 is 0 Å². The molecule has 0 spiro atoms. The number of methoxy groups -OCH3 is 1. The molecule has 2 aromatic carbocycles. The van der Waals surface area contributed by atoms with Crippen LogP contribution in [0.4, 0.5) is 11.4 Å². The fraction of sp³-hybridized carbons (Fsp3) is 0.435. The standard InChI is InChI=1S/C23H30N4O6S/c1-4-26(5-2)34(31,32)20-9-10-21(22(17-20)27(29)30)24-11-13-25(14-12-24)23(28)16-18-7-6-8-19(15-18)33-3/h6-10,15,17H,4-5,11-14,16H2,1-3H3. The molecule has 0 atom stereocenters. The number of benzene rings is 2. The zero-order valence-corrected chi connectivity index (χ0v) is 20.5. The Morgan fingerprint density at radius 2 is 1.76 bits per heavy atom. The van der Waals surface area contributed by atoms with E-state index in [1.165, 1.54) is 16.4 Å². The maximum Gasteiger partial charge on any atom is 0.293 e. The van der Waals surface area contributed by atoms with Crippen LogP contribution in [0.25, 0.3) is 0 Å². The topological polar surface area (TPSA) is 113 Å². The lowest BCUT2D eigenvalue weighted by Gasteiger charge is -2.36. The highest BCUT2D eigenvalue weighted by molar-refractivity contribution is 7.89. The average molecular weight is 491 g/mol. The lowest BCUT2D eigenvalue weighted by Crippen LogP contribution is -2.49. The van der Waals surface area contributed by atoms with Crippen molar-refractivity contribution < 1.29 is 22.9 Å². The Bertz CT molecular complexity index is 1140. The Morgan fingerprint density at radius 1 is 1.09 bits per heavy atom. The van der Waals surface area contributed by atoms with E-state index >= 15 is 0 Å². The Kier molecular flexibility index (Phi) is 8.11. The van der Waals surface area contributed by atoms with Gasteiger partial charge in [0, 0.05) is 45.3 Å². The first-order chi connectivity index (χ1) is 16.2. The first-order valence-corrected chi connectivity index (χ1v) is 12.6. The van der Waals surface area contributed by atoms with Crippen molar-refractivity contribution >= 4 is 27.3 Å². The third-order valence-corrected chi connectivity index (χ3v) is 8.00. The Hall–Kier alpha value is -3.18. The maximum atomic E-state index is 12.8. The van der Waals surface area contributed by atoms with Gasteiger partial charge in [0.1, 0.15) is 11.4 Å². The number of hydrogen-bond donors (Lipinski definition) is 0. The molecule has 10 nitrogen and oxygen atoms in total. The number of ether oxygens (including phenoxy) is 1. The summed E-state index contributed by atoms with van der Waals surface area (Å²) in [5.41, 5.74) is 0.945. The number of anilines is 1. The first-order valence-electron chi connectivity index (χ1n) is 11.2. The molecule has 184 valence electrons. The summed E-state index contributed by atoms with van der Waals surface area (Å²) in [4.78, 5) is 27.4. The van der Waals surface area contributed by atoms with Crippen molar-refractivity contribution in [1.82, 2.24) is 9.21 Å². The number of sulfonamides is 1. The number of hydrogen-bond acceptors (Lipinski definition) is 7. The third-order valence-electron chi connectivity index (χ3n) is 5.95. The number of carbonyl (C=O) groups excluding carboxylic acids is 1. The molecule has 1 fully saturated rings. The summed E-state index contributed by atoms with van der Waals surface area (Å²) in [6.45, 7) is 5.65. The van der Waals surface area contributed by atoms with E-state index in [2.05, 4.69) is 0 Å². The zero-order valence-electron chi connectivity index (χ0n) is 19.6. The smallest absolute Gasteiger partial charge is 0.293 e. The van der Waals surface area contributed by atoms with Gasteiger partial charge in [0.25, 0.3) is 5.69 Å². The molecular formula is C23H30N4O6S. The van der Waals surface area contributed by atoms with Crippen molar-refractivity contribution in [3.8, 4) is 5.75 Å². The van der Waals surface area contributed by atoms with Gasteiger partial charge >= 0.3 is 0 Å². The molecule has 0 aromatic heterocycles. The molecule has 34 heavy (non-hydrogen) atoms. The quantitative estimate of drug-likeness (QED) is 0.392. The molecule has 0 N–H and O–H groups in total. The van der Waals surface area contributed by atoms with Crippen LogP contribution in [0, 0.1) is 10.1 Å². The van der Waals surface area contributed by atoms with Gasteiger partial charge in [0.2, 0.25) is 15.9 Å². The predicted molar refractivity (Wildman–Crippen MR) is 129 cm³/mol. The minimum Gasteiger partial charge on any atom is -0.497 e. The zero-order chi connectivity index (χ0) is 24.9. The van der Waals surface area contributed by atoms with Crippen LogP contribution in [-0.4, -0.2) is 74.8 Å². The number of nitrogens with zero attached hydrogens (tertiary/aromatic N) is 4. The van der Waals surface area contributed by atoms with Gasteiger partial charge in [-0.2, -0.15) is 4.31 Å². The van der Waals surface area contributed by atoms with E-state index in [-0.39, 0.29) is 36.0 Å². The molecule has 1 saturated heterocycles. The highest BCUT2D eigenvalue weighted by atomic mass is 32.2. The van der Waals surface area contributed by atoms with Gasteiger partial charge in [-0.25, -0.2) is 8.42 Å². The van der Waals surface area contributed by atoms with Crippen molar-refractivity contribution in [2.45, 2.75) is 25.2 Å². The molecule has 0 saturated carbocycles. The Balaban J connectivity index is 1.73. The number of nitro groups is 1. The average Bonchev–Trinajstić information content (AvgIpc) is 2.84. The second-order valence-corrected chi connectivity index (χ2v) is 9.83. The van der Waals surface area contributed by atoms with Crippen LogP contribution in [0.5, 0.6) is 5.75 Å². The molecule has 1 heterocycles. The fourth-order valence-corrected chi connectivity index (χ4v) is 5.53. The van der Waals surface area contributed by atoms with Gasteiger partial charge in [0.15, 0.2) is 0 Å². The van der Waals surface area contributed by atoms with Crippen LogP contribution in [0.15, 0.2) is 47.4 Å². The second kappa shape index (κ2) is 10.8. The summed E-state index contributed by atoms with van der Waals surface area (Å²) in [5.74, 6) is 0.664. The minimum absolute atomic E-state index is 0.0249. The molecule has 0 unspecified atom stereocenters. The van der Waals surface area contributed by atoms with Crippen LogP contribution in [0.3, 0.4) is 0 Å². The summed E-state index contributed by atoms with van der Waals surface area (Å²) in [6, 6.07) is 11.4. The van der Waals surface area contributed by atoms with E-state index in [9.17, 15) is 23.3 Å². The highest BCUT2D eigenvalue weighted by Crippen LogP contribution is 2.32. The van der Waals surface area contributed by atoms with E-state index in [0.29, 0.717) is 37.6 Å². The Labute approximate surface area is 199 Å². The highest BCUT2D eigenvalue weighted by Gasteiger charge is 2.29.